The quantitative estimate of drug-likeness (QED) is 0.616. The molecule has 0 aliphatic rings. The predicted molar refractivity (Wildman–Crippen MR) is 114 cm³/mol. The van der Waals surface area contributed by atoms with Crippen molar-refractivity contribution in [3.05, 3.63) is 50.9 Å². The first-order chi connectivity index (χ1) is 13.3. The molecule has 0 spiro atoms. The Bertz CT molecular complexity index is 1180. The van der Waals surface area contributed by atoms with Gasteiger partial charge >= 0.3 is 0 Å². The van der Waals surface area contributed by atoms with Crippen LogP contribution >= 0.6 is 23.1 Å². The van der Waals surface area contributed by atoms with Gasteiger partial charge in [0.25, 0.3) is 0 Å². The second-order valence-corrected chi connectivity index (χ2v) is 8.71. The molecule has 0 atom stereocenters. The zero-order chi connectivity index (χ0) is 20.4. The lowest BCUT2D eigenvalue weighted by atomic mass is 10.1. The van der Waals surface area contributed by atoms with Crippen LogP contribution in [-0.4, -0.2) is 16.6 Å². The van der Waals surface area contributed by atoms with Crippen LogP contribution in [0.5, 0.6) is 0 Å². The maximum atomic E-state index is 12.4. The Morgan fingerprint density at radius 3 is 2.54 bits per heavy atom. The number of anilines is 1. The number of pyridine rings is 1. The first kappa shape index (κ1) is 19.9. The van der Waals surface area contributed by atoms with E-state index in [1.807, 2.05) is 45.9 Å². The molecule has 1 N–H and O–H groups in total. The van der Waals surface area contributed by atoms with E-state index < -0.39 is 0 Å². The number of carbonyl (C=O) groups excluding carboxylic acids is 1. The first-order valence-electron chi connectivity index (χ1n) is 8.59. The average molecular weight is 407 g/mol. The fraction of sp³-hybridized carbons (Fsp3) is 0.238. The van der Waals surface area contributed by atoms with Crippen molar-refractivity contribution >= 4 is 44.9 Å². The van der Waals surface area contributed by atoms with Crippen LogP contribution < -0.4 is 5.32 Å². The van der Waals surface area contributed by atoms with Crippen LogP contribution in [0.15, 0.2) is 23.2 Å². The van der Waals surface area contributed by atoms with Crippen molar-refractivity contribution in [2.75, 3.05) is 11.1 Å². The van der Waals surface area contributed by atoms with Crippen molar-refractivity contribution in [3.8, 4) is 12.1 Å². The Hall–Kier alpha value is -2.87. The van der Waals surface area contributed by atoms with Crippen LogP contribution in [0.2, 0.25) is 0 Å². The van der Waals surface area contributed by atoms with Crippen molar-refractivity contribution in [2.45, 2.75) is 32.7 Å². The summed E-state index contributed by atoms with van der Waals surface area (Å²) in [5.74, 6) is -0.118. The van der Waals surface area contributed by atoms with Crippen LogP contribution in [0.4, 0.5) is 5.00 Å². The van der Waals surface area contributed by atoms with Crippen LogP contribution in [0.1, 0.15) is 32.7 Å². The number of thiophene rings is 1. The van der Waals surface area contributed by atoms with Crippen molar-refractivity contribution in [1.29, 1.82) is 10.5 Å². The van der Waals surface area contributed by atoms with Gasteiger partial charge in [0.15, 0.2) is 0 Å². The number of rotatable bonds is 4. The molecule has 5 nitrogen and oxygen atoms in total. The highest BCUT2D eigenvalue weighted by Gasteiger charge is 2.16. The van der Waals surface area contributed by atoms with Gasteiger partial charge in [0.2, 0.25) is 5.91 Å². The number of nitrogens with zero attached hydrogens (tertiary/aromatic N) is 3. The molecular weight excluding hydrogens is 388 g/mol. The Kier molecular flexibility index (Phi) is 5.69. The van der Waals surface area contributed by atoms with Gasteiger partial charge in [0.1, 0.15) is 22.2 Å². The van der Waals surface area contributed by atoms with Gasteiger partial charge in [-0.3, -0.25) is 4.79 Å². The minimum Gasteiger partial charge on any atom is -0.316 e. The summed E-state index contributed by atoms with van der Waals surface area (Å²) < 4.78 is 0. The molecule has 2 heterocycles. The van der Waals surface area contributed by atoms with Gasteiger partial charge in [0.05, 0.1) is 22.4 Å². The van der Waals surface area contributed by atoms with Gasteiger partial charge < -0.3 is 5.32 Å². The van der Waals surface area contributed by atoms with E-state index in [1.54, 1.807) is 0 Å². The van der Waals surface area contributed by atoms with Crippen molar-refractivity contribution in [2.24, 2.45) is 0 Å². The molecule has 0 saturated heterocycles. The minimum atomic E-state index is -0.228. The number of benzene rings is 1. The monoisotopic (exact) mass is 406 g/mol. The summed E-state index contributed by atoms with van der Waals surface area (Å²) in [7, 11) is 0. The van der Waals surface area contributed by atoms with Gasteiger partial charge in [-0.05, 0) is 62.6 Å². The minimum absolute atomic E-state index is 0.110. The zero-order valence-corrected chi connectivity index (χ0v) is 17.6. The highest BCUT2D eigenvalue weighted by molar-refractivity contribution is 8.00. The third-order valence-electron chi connectivity index (χ3n) is 4.61. The number of aryl methyl sites for hydroxylation is 3. The maximum Gasteiger partial charge on any atom is 0.235 e. The van der Waals surface area contributed by atoms with E-state index in [2.05, 4.69) is 22.4 Å². The summed E-state index contributed by atoms with van der Waals surface area (Å²) in [6.45, 7) is 7.84. The molecule has 0 unspecified atom stereocenters. The fourth-order valence-electron chi connectivity index (χ4n) is 2.76. The highest BCUT2D eigenvalue weighted by Crippen LogP contribution is 2.32. The SMILES string of the molecule is Cc1cc2cc(C#N)c(SCC(=O)Nc3sc(C)c(C)c3C#N)nc2cc1C. The van der Waals surface area contributed by atoms with Crippen LogP contribution in [0.25, 0.3) is 10.9 Å². The predicted octanol–water partition coefficient (Wildman–Crippen LogP) is 5.00. The highest BCUT2D eigenvalue weighted by atomic mass is 32.2. The molecule has 3 rings (SSSR count). The van der Waals surface area contributed by atoms with Crippen LogP contribution in [0, 0.1) is 50.4 Å². The van der Waals surface area contributed by atoms with E-state index >= 15 is 0 Å². The molecule has 140 valence electrons. The van der Waals surface area contributed by atoms with E-state index in [1.165, 1.54) is 23.1 Å². The molecule has 0 bridgehead atoms. The van der Waals surface area contributed by atoms with Gasteiger partial charge in [-0.2, -0.15) is 10.5 Å². The lowest BCUT2D eigenvalue weighted by molar-refractivity contribution is -0.113. The number of hydrogen-bond acceptors (Lipinski definition) is 6. The third kappa shape index (κ3) is 3.87. The summed E-state index contributed by atoms with van der Waals surface area (Å²) >= 11 is 2.62. The molecule has 0 fully saturated rings. The molecule has 0 saturated carbocycles. The summed E-state index contributed by atoms with van der Waals surface area (Å²) in [6, 6.07) is 10.1. The normalized spacial score (nSPS) is 10.5. The van der Waals surface area contributed by atoms with Gasteiger partial charge in [0, 0.05) is 10.3 Å². The molecule has 28 heavy (non-hydrogen) atoms. The number of carbonyl (C=O) groups is 1. The number of nitrogens with one attached hydrogen (secondary N) is 1. The topological polar surface area (TPSA) is 89.6 Å². The molecule has 3 aromatic rings. The van der Waals surface area contributed by atoms with Crippen molar-refractivity contribution < 1.29 is 4.79 Å². The molecule has 7 heteroatoms. The third-order valence-corrected chi connectivity index (χ3v) is 6.72. The van der Waals surface area contributed by atoms with E-state index in [9.17, 15) is 15.3 Å². The Morgan fingerprint density at radius 2 is 1.86 bits per heavy atom. The number of thioether (sulfide) groups is 1. The van der Waals surface area contributed by atoms with Crippen LogP contribution in [-0.2, 0) is 4.79 Å². The first-order valence-corrected chi connectivity index (χ1v) is 10.4. The second-order valence-electron chi connectivity index (χ2n) is 6.52. The Morgan fingerprint density at radius 1 is 1.14 bits per heavy atom. The summed E-state index contributed by atoms with van der Waals surface area (Å²) in [5, 5.41) is 23.6. The number of nitriles is 2. The molecule has 1 amide bonds. The lowest BCUT2D eigenvalue weighted by Crippen LogP contribution is -2.14. The molecule has 0 aliphatic heterocycles. The maximum absolute atomic E-state index is 12.4. The largest absolute Gasteiger partial charge is 0.316 e. The summed E-state index contributed by atoms with van der Waals surface area (Å²) in [6.07, 6.45) is 0. The van der Waals surface area contributed by atoms with Gasteiger partial charge in [-0.1, -0.05) is 11.8 Å². The summed E-state index contributed by atoms with van der Waals surface area (Å²) in [5.41, 5.74) is 4.94. The molecule has 0 aliphatic carbocycles. The summed E-state index contributed by atoms with van der Waals surface area (Å²) in [4.78, 5) is 18.0. The van der Waals surface area contributed by atoms with E-state index in [4.69, 9.17) is 0 Å². The van der Waals surface area contributed by atoms with Gasteiger partial charge in [-0.15, -0.1) is 11.3 Å². The molecule has 1 aromatic carbocycles. The number of fused-ring (bicyclic) bond motifs is 1. The van der Waals surface area contributed by atoms with Crippen molar-refractivity contribution in [3.63, 3.8) is 0 Å². The Balaban J connectivity index is 1.80. The van der Waals surface area contributed by atoms with Gasteiger partial charge in [-0.25, -0.2) is 4.98 Å². The fourth-order valence-corrected chi connectivity index (χ4v) is 4.55. The number of aromatic nitrogens is 1. The lowest BCUT2D eigenvalue weighted by Gasteiger charge is -2.08. The second kappa shape index (κ2) is 8.02. The van der Waals surface area contributed by atoms with E-state index in [0.717, 1.165) is 32.5 Å². The van der Waals surface area contributed by atoms with E-state index in [-0.39, 0.29) is 11.7 Å². The Labute approximate surface area is 172 Å². The van der Waals surface area contributed by atoms with Crippen LogP contribution in [0.3, 0.4) is 0 Å². The average Bonchev–Trinajstić information content (AvgIpc) is 2.93. The molecular formula is C21H18N4OS2. The number of hydrogen-bond donors (Lipinski definition) is 1. The van der Waals surface area contributed by atoms with Crippen molar-refractivity contribution in [1.82, 2.24) is 4.98 Å². The zero-order valence-electron chi connectivity index (χ0n) is 16.0. The standard InChI is InChI=1S/C21H18N4OS2/c1-11-5-15-7-16(8-22)20(24-18(15)6-12(11)2)27-10-19(26)25-21-17(9-23)13(3)14(4)28-21/h5-7H,10H2,1-4H3,(H,25,26). The molecule has 0 radical (unpaired) electrons. The number of amides is 1. The van der Waals surface area contributed by atoms with E-state index in [0.29, 0.717) is 21.2 Å². The smallest absolute Gasteiger partial charge is 0.235 e. The molecule has 2 aromatic heterocycles.